The van der Waals surface area contributed by atoms with E-state index in [0.717, 1.165) is 55.8 Å². The van der Waals surface area contributed by atoms with Gasteiger partial charge in [-0.05, 0) is 87.0 Å². The Morgan fingerprint density at radius 3 is 0.951 bits per heavy atom. The van der Waals surface area contributed by atoms with Gasteiger partial charge in [0.2, 0.25) is 0 Å². The van der Waals surface area contributed by atoms with Gasteiger partial charge in [0, 0.05) is 33.2 Å². The molecule has 0 saturated carbocycles. The second kappa shape index (κ2) is 15.5. The monoisotopic (exact) mass is 778 g/mol. The van der Waals surface area contributed by atoms with Crippen molar-refractivity contribution >= 4 is 21.8 Å². The van der Waals surface area contributed by atoms with Gasteiger partial charge in [-0.2, -0.15) is 0 Å². The molecule has 0 unspecified atom stereocenters. The second-order valence-electron chi connectivity index (χ2n) is 15.3. The average molecular weight is 779 g/mol. The third-order valence-corrected chi connectivity index (χ3v) is 11.5. The standard InChI is InChI=1S/C57H38N4/c1-4-14-39(15-5-1)40-24-28-43(29-25-40)47-36-48(38-49(37-47)57-59-55(45-16-6-2-7-17-45)58-56(60-57)46-18-8-3-9-19-46)44-30-26-41(27-31-44)42-32-34-50(35-33-42)61-53-22-12-10-20-51(53)52-21-11-13-23-54(52)61/h1-38H. The second-order valence-corrected chi connectivity index (χ2v) is 15.3. The Labute approximate surface area is 354 Å². The first-order valence-corrected chi connectivity index (χ1v) is 20.6. The number of fused-ring (bicyclic) bond motifs is 3. The topological polar surface area (TPSA) is 43.6 Å². The normalized spacial score (nSPS) is 11.3. The minimum absolute atomic E-state index is 0.622. The van der Waals surface area contributed by atoms with Crippen LogP contribution in [-0.2, 0) is 0 Å². The lowest BCUT2D eigenvalue weighted by Crippen LogP contribution is -2.00. The highest BCUT2D eigenvalue weighted by Crippen LogP contribution is 2.36. The fraction of sp³-hybridized carbons (Fsp3) is 0. The lowest BCUT2D eigenvalue weighted by atomic mass is 9.93. The maximum absolute atomic E-state index is 5.11. The minimum atomic E-state index is 0.622. The molecule has 0 atom stereocenters. The number of hydrogen-bond donors (Lipinski definition) is 0. The lowest BCUT2D eigenvalue weighted by molar-refractivity contribution is 1.07. The van der Waals surface area contributed by atoms with Crippen molar-refractivity contribution < 1.29 is 0 Å². The quantitative estimate of drug-likeness (QED) is 0.154. The molecule has 4 heteroatoms. The Bertz CT molecular complexity index is 3190. The van der Waals surface area contributed by atoms with Crippen LogP contribution in [0.25, 0.3) is 106 Å². The van der Waals surface area contributed by atoms with E-state index in [9.17, 15) is 0 Å². The molecule has 0 aliphatic carbocycles. The fourth-order valence-electron chi connectivity index (χ4n) is 8.37. The average Bonchev–Trinajstić information content (AvgIpc) is 3.69. The van der Waals surface area contributed by atoms with Gasteiger partial charge in [0.15, 0.2) is 17.5 Å². The summed E-state index contributed by atoms with van der Waals surface area (Å²) in [4.78, 5) is 15.2. The van der Waals surface area contributed by atoms with Gasteiger partial charge in [0.1, 0.15) is 0 Å². The van der Waals surface area contributed by atoms with Crippen molar-refractivity contribution in [3.63, 3.8) is 0 Å². The fourth-order valence-corrected chi connectivity index (χ4v) is 8.37. The maximum atomic E-state index is 5.11. The van der Waals surface area contributed by atoms with E-state index in [2.05, 4.69) is 174 Å². The van der Waals surface area contributed by atoms with Gasteiger partial charge >= 0.3 is 0 Å². The molecule has 0 spiro atoms. The first-order valence-electron chi connectivity index (χ1n) is 20.6. The van der Waals surface area contributed by atoms with Gasteiger partial charge in [0.05, 0.1) is 11.0 Å². The molecule has 0 saturated heterocycles. The molecule has 4 nitrogen and oxygen atoms in total. The molecular formula is C57H38N4. The van der Waals surface area contributed by atoms with Crippen molar-refractivity contribution in [3.05, 3.63) is 231 Å². The van der Waals surface area contributed by atoms with Crippen molar-refractivity contribution in [2.75, 3.05) is 0 Å². The van der Waals surface area contributed by atoms with Gasteiger partial charge < -0.3 is 4.57 Å². The SMILES string of the molecule is c1ccc(-c2ccc(-c3cc(-c4ccc(-c5ccc(-n6c7ccccc7c7ccccc76)cc5)cc4)cc(-c4nc(-c5ccccc5)nc(-c5ccccc5)n4)c3)cc2)cc1. The zero-order valence-electron chi connectivity index (χ0n) is 33.2. The van der Waals surface area contributed by atoms with Crippen LogP contribution < -0.4 is 0 Å². The molecule has 0 aliphatic rings. The van der Waals surface area contributed by atoms with Crippen molar-refractivity contribution in [2.45, 2.75) is 0 Å². The summed E-state index contributed by atoms with van der Waals surface area (Å²) >= 11 is 0. The van der Waals surface area contributed by atoms with Crippen LogP contribution >= 0.6 is 0 Å². The van der Waals surface area contributed by atoms with Gasteiger partial charge in [-0.15, -0.1) is 0 Å². The van der Waals surface area contributed by atoms with Gasteiger partial charge in [0.25, 0.3) is 0 Å². The first-order chi connectivity index (χ1) is 30.2. The highest BCUT2D eigenvalue weighted by molar-refractivity contribution is 6.09. The molecule has 61 heavy (non-hydrogen) atoms. The summed E-state index contributed by atoms with van der Waals surface area (Å²) in [5.41, 5.74) is 15.4. The van der Waals surface area contributed by atoms with E-state index in [1.54, 1.807) is 0 Å². The predicted octanol–water partition coefficient (Wildman–Crippen LogP) is 14.6. The van der Waals surface area contributed by atoms with Crippen molar-refractivity contribution in [1.82, 2.24) is 19.5 Å². The van der Waals surface area contributed by atoms with Crippen LogP contribution in [0.5, 0.6) is 0 Å². The van der Waals surface area contributed by atoms with Gasteiger partial charge in [-0.1, -0.05) is 188 Å². The summed E-state index contributed by atoms with van der Waals surface area (Å²) < 4.78 is 2.36. The van der Waals surface area contributed by atoms with E-state index in [1.165, 1.54) is 32.9 Å². The molecule has 11 aromatic rings. The molecule has 0 N–H and O–H groups in total. The van der Waals surface area contributed by atoms with E-state index >= 15 is 0 Å². The summed E-state index contributed by atoms with van der Waals surface area (Å²) in [6, 6.07) is 81.3. The van der Waals surface area contributed by atoms with Crippen LogP contribution in [0, 0.1) is 0 Å². The number of para-hydroxylation sites is 2. The smallest absolute Gasteiger partial charge is 0.164 e. The number of benzene rings is 9. The van der Waals surface area contributed by atoms with E-state index in [4.69, 9.17) is 15.0 Å². The van der Waals surface area contributed by atoms with Crippen LogP contribution in [-0.4, -0.2) is 19.5 Å². The Kier molecular flexibility index (Phi) is 9.14. The van der Waals surface area contributed by atoms with Crippen LogP contribution in [0.4, 0.5) is 0 Å². The molecule has 0 radical (unpaired) electrons. The molecule has 2 aromatic heterocycles. The summed E-state index contributed by atoms with van der Waals surface area (Å²) in [7, 11) is 0. The Hall–Kier alpha value is -8.21. The largest absolute Gasteiger partial charge is 0.309 e. The van der Waals surface area contributed by atoms with Gasteiger partial charge in [-0.25, -0.2) is 15.0 Å². The maximum Gasteiger partial charge on any atom is 0.164 e. The van der Waals surface area contributed by atoms with Crippen LogP contribution in [0.3, 0.4) is 0 Å². The third-order valence-electron chi connectivity index (χ3n) is 11.5. The molecule has 9 aromatic carbocycles. The predicted molar refractivity (Wildman–Crippen MR) is 252 cm³/mol. The lowest BCUT2D eigenvalue weighted by Gasteiger charge is -2.13. The zero-order valence-corrected chi connectivity index (χ0v) is 33.2. The molecule has 2 heterocycles. The summed E-state index contributed by atoms with van der Waals surface area (Å²) in [6.45, 7) is 0. The van der Waals surface area contributed by atoms with Crippen LogP contribution in [0.2, 0.25) is 0 Å². The van der Waals surface area contributed by atoms with Crippen LogP contribution in [0.15, 0.2) is 231 Å². The van der Waals surface area contributed by atoms with E-state index < -0.39 is 0 Å². The first kappa shape index (κ1) is 35.9. The number of hydrogen-bond acceptors (Lipinski definition) is 3. The number of aromatic nitrogens is 4. The van der Waals surface area contributed by atoms with E-state index in [1.807, 2.05) is 60.7 Å². The molecular weight excluding hydrogens is 741 g/mol. The van der Waals surface area contributed by atoms with Crippen LogP contribution in [0.1, 0.15) is 0 Å². The Morgan fingerprint density at radius 2 is 0.525 bits per heavy atom. The summed E-state index contributed by atoms with van der Waals surface area (Å²) in [5, 5.41) is 2.52. The highest BCUT2D eigenvalue weighted by atomic mass is 15.0. The Balaban J connectivity index is 0.990. The molecule has 0 bridgehead atoms. The summed E-state index contributed by atoms with van der Waals surface area (Å²) in [6.07, 6.45) is 0. The van der Waals surface area contributed by atoms with E-state index in [0.29, 0.717) is 17.5 Å². The zero-order chi connectivity index (χ0) is 40.5. The van der Waals surface area contributed by atoms with Crippen molar-refractivity contribution in [2.24, 2.45) is 0 Å². The molecule has 0 aliphatic heterocycles. The molecule has 286 valence electrons. The van der Waals surface area contributed by atoms with Gasteiger partial charge in [-0.3, -0.25) is 0 Å². The third kappa shape index (κ3) is 6.96. The molecule has 0 amide bonds. The molecule has 11 rings (SSSR count). The van der Waals surface area contributed by atoms with E-state index in [-0.39, 0.29) is 0 Å². The van der Waals surface area contributed by atoms with Crippen molar-refractivity contribution in [1.29, 1.82) is 0 Å². The summed E-state index contributed by atoms with van der Waals surface area (Å²) in [5.74, 6) is 1.89. The number of nitrogens with zero attached hydrogens (tertiary/aromatic N) is 4. The Morgan fingerprint density at radius 1 is 0.230 bits per heavy atom. The number of rotatable bonds is 8. The molecule has 0 fully saturated rings. The minimum Gasteiger partial charge on any atom is -0.309 e. The highest BCUT2D eigenvalue weighted by Gasteiger charge is 2.16. The van der Waals surface area contributed by atoms with Crippen molar-refractivity contribution in [3.8, 4) is 84.4 Å².